The largest absolute Gasteiger partial charge is 0.341 e. The summed E-state index contributed by atoms with van der Waals surface area (Å²) in [5.74, 6) is 0.915. The predicted molar refractivity (Wildman–Crippen MR) is 49.0 cm³/mol. The number of hydrogen-bond donors (Lipinski definition) is 2. The van der Waals surface area contributed by atoms with Gasteiger partial charge in [0, 0.05) is 6.04 Å². The van der Waals surface area contributed by atoms with Crippen molar-refractivity contribution in [2.45, 2.75) is 18.9 Å². The lowest BCUT2D eigenvalue weighted by molar-refractivity contribution is -0.234. The highest BCUT2D eigenvalue weighted by molar-refractivity contribution is 4.97. The summed E-state index contributed by atoms with van der Waals surface area (Å²) < 4.78 is 0. The SMILES string of the molecule is C1=C(CNC2CCNCC2)OOC1. The van der Waals surface area contributed by atoms with Gasteiger partial charge in [0.1, 0.15) is 6.61 Å². The highest BCUT2D eigenvalue weighted by Crippen LogP contribution is 2.07. The first kappa shape index (κ1) is 8.99. The Bertz CT molecular complexity index is 188. The van der Waals surface area contributed by atoms with Gasteiger partial charge in [0.2, 0.25) is 0 Å². The Morgan fingerprint density at radius 2 is 2.31 bits per heavy atom. The molecule has 2 heterocycles. The zero-order valence-corrected chi connectivity index (χ0v) is 7.71. The minimum absolute atomic E-state index is 0.587. The van der Waals surface area contributed by atoms with Crippen LogP contribution >= 0.6 is 0 Å². The van der Waals surface area contributed by atoms with Crippen LogP contribution in [-0.2, 0) is 9.78 Å². The number of nitrogens with one attached hydrogen (secondary N) is 2. The molecular formula is C9H16N2O2. The molecule has 1 saturated heterocycles. The van der Waals surface area contributed by atoms with Gasteiger partial charge in [-0.05, 0) is 32.0 Å². The van der Waals surface area contributed by atoms with Crippen LogP contribution in [0.5, 0.6) is 0 Å². The molecule has 2 N–H and O–H groups in total. The monoisotopic (exact) mass is 184 g/mol. The van der Waals surface area contributed by atoms with Gasteiger partial charge in [-0.2, -0.15) is 4.89 Å². The summed E-state index contributed by atoms with van der Waals surface area (Å²) in [5.41, 5.74) is 0. The molecule has 0 aromatic heterocycles. The van der Waals surface area contributed by atoms with Crippen molar-refractivity contribution in [3.63, 3.8) is 0 Å². The summed E-state index contributed by atoms with van der Waals surface area (Å²) in [5, 5.41) is 6.78. The second-order valence-corrected chi connectivity index (χ2v) is 3.44. The fraction of sp³-hybridized carbons (Fsp3) is 0.778. The zero-order valence-electron chi connectivity index (χ0n) is 7.71. The van der Waals surface area contributed by atoms with Crippen molar-refractivity contribution in [2.75, 3.05) is 26.2 Å². The van der Waals surface area contributed by atoms with E-state index in [1.165, 1.54) is 12.8 Å². The van der Waals surface area contributed by atoms with Crippen LogP contribution in [0.3, 0.4) is 0 Å². The third-order valence-corrected chi connectivity index (χ3v) is 2.45. The Morgan fingerprint density at radius 3 is 3.00 bits per heavy atom. The molecule has 0 spiro atoms. The van der Waals surface area contributed by atoms with E-state index in [0.717, 1.165) is 25.4 Å². The van der Waals surface area contributed by atoms with Crippen LogP contribution in [0.15, 0.2) is 11.8 Å². The molecule has 2 aliphatic rings. The number of rotatable bonds is 3. The van der Waals surface area contributed by atoms with E-state index in [2.05, 4.69) is 10.6 Å². The van der Waals surface area contributed by atoms with E-state index in [0.29, 0.717) is 12.6 Å². The second-order valence-electron chi connectivity index (χ2n) is 3.44. The predicted octanol–water partition coefficient (Wildman–Crippen LogP) is 0.174. The van der Waals surface area contributed by atoms with E-state index in [1.54, 1.807) is 0 Å². The average molecular weight is 184 g/mol. The summed E-state index contributed by atoms with van der Waals surface area (Å²) in [6.45, 7) is 3.62. The molecule has 4 nitrogen and oxygen atoms in total. The molecule has 4 heteroatoms. The van der Waals surface area contributed by atoms with Crippen LogP contribution in [0.2, 0.25) is 0 Å². The van der Waals surface area contributed by atoms with Gasteiger partial charge < -0.3 is 15.5 Å². The quantitative estimate of drug-likeness (QED) is 0.614. The van der Waals surface area contributed by atoms with E-state index in [9.17, 15) is 0 Å². The first-order chi connectivity index (χ1) is 6.45. The summed E-state index contributed by atoms with van der Waals surface area (Å²) in [6.07, 6.45) is 4.37. The molecule has 0 aromatic rings. The maximum atomic E-state index is 4.93. The van der Waals surface area contributed by atoms with E-state index in [-0.39, 0.29) is 0 Å². The van der Waals surface area contributed by atoms with Crippen molar-refractivity contribution >= 4 is 0 Å². The van der Waals surface area contributed by atoms with Crippen molar-refractivity contribution in [3.8, 4) is 0 Å². The number of hydrogen-bond acceptors (Lipinski definition) is 4. The Hall–Kier alpha value is -0.580. The van der Waals surface area contributed by atoms with Crippen molar-refractivity contribution < 1.29 is 9.78 Å². The lowest BCUT2D eigenvalue weighted by Gasteiger charge is -2.23. The van der Waals surface area contributed by atoms with E-state index in [4.69, 9.17) is 9.78 Å². The molecule has 0 atom stereocenters. The maximum Gasteiger partial charge on any atom is 0.154 e. The Morgan fingerprint density at radius 1 is 1.46 bits per heavy atom. The summed E-state index contributed by atoms with van der Waals surface area (Å²) in [7, 11) is 0. The zero-order chi connectivity index (χ0) is 8.93. The van der Waals surface area contributed by atoms with E-state index < -0.39 is 0 Å². The van der Waals surface area contributed by atoms with Gasteiger partial charge in [-0.3, -0.25) is 0 Å². The highest BCUT2D eigenvalue weighted by atomic mass is 17.2. The highest BCUT2D eigenvalue weighted by Gasteiger charge is 2.14. The smallest absolute Gasteiger partial charge is 0.154 e. The van der Waals surface area contributed by atoms with Gasteiger partial charge >= 0.3 is 0 Å². The van der Waals surface area contributed by atoms with Crippen LogP contribution in [0, 0.1) is 0 Å². The molecule has 13 heavy (non-hydrogen) atoms. The maximum absolute atomic E-state index is 4.93. The van der Waals surface area contributed by atoms with Crippen LogP contribution in [0.1, 0.15) is 12.8 Å². The topological polar surface area (TPSA) is 42.5 Å². The normalized spacial score (nSPS) is 24.2. The van der Waals surface area contributed by atoms with Crippen molar-refractivity contribution in [3.05, 3.63) is 11.8 Å². The third-order valence-electron chi connectivity index (χ3n) is 2.45. The summed E-state index contributed by atoms with van der Waals surface area (Å²) >= 11 is 0. The molecular weight excluding hydrogens is 168 g/mol. The van der Waals surface area contributed by atoms with Crippen molar-refractivity contribution in [2.24, 2.45) is 0 Å². The van der Waals surface area contributed by atoms with Crippen LogP contribution in [0.4, 0.5) is 0 Å². The standard InChI is InChI=1S/C9H16N2O2/c1-4-10-5-2-8(1)11-7-9-3-6-12-13-9/h3,8,10-11H,1-2,4-7H2. The minimum Gasteiger partial charge on any atom is -0.341 e. The van der Waals surface area contributed by atoms with Gasteiger partial charge in [0.25, 0.3) is 0 Å². The molecule has 74 valence electrons. The average Bonchev–Trinajstić information content (AvgIpc) is 2.69. The molecule has 0 unspecified atom stereocenters. The Kier molecular flexibility index (Phi) is 3.18. The Balaban J connectivity index is 1.66. The number of piperidine rings is 1. The van der Waals surface area contributed by atoms with E-state index in [1.807, 2.05) is 6.08 Å². The first-order valence-corrected chi connectivity index (χ1v) is 4.88. The molecule has 2 rings (SSSR count). The first-order valence-electron chi connectivity index (χ1n) is 4.88. The van der Waals surface area contributed by atoms with Crippen LogP contribution in [-0.4, -0.2) is 32.3 Å². The Labute approximate surface area is 78.2 Å². The van der Waals surface area contributed by atoms with Gasteiger partial charge in [0.15, 0.2) is 5.76 Å². The van der Waals surface area contributed by atoms with Gasteiger partial charge in [-0.15, -0.1) is 0 Å². The molecule has 0 bridgehead atoms. The van der Waals surface area contributed by atoms with E-state index >= 15 is 0 Å². The molecule has 2 aliphatic heterocycles. The molecule has 0 aliphatic carbocycles. The summed E-state index contributed by atoms with van der Waals surface area (Å²) in [4.78, 5) is 9.68. The molecule has 0 radical (unpaired) electrons. The lowest BCUT2D eigenvalue weighted by atomic mass is 10.1. The lowest BCUT2D eigenvalue weighted by Crippen LogP contribution is -2.40. The molecule has 0 aromatic carbocycles. The second kappa shape index (κ2) is 4.60. The fourth-order valence-electron chi connectivity index (χ4n) is 1.64. The van der Waals surface area contributed by atoms with Gasteiger partial charge in [0.05, 0.1) is 6.54 Å². The van der Waals surface area contributed by atoms with Gasteiger partial charge in [-0.1, -0.05) is 0 Å². The van der Waals surface area contributed by atoms with Gasteiger partial charge in [-0.25, -0.2) is 0 Å². The minimum atomic E-state index is 0.587. The van der Waals surface area contributed by atoms with Crippen LogP contribution in [0.25, 0.3) is 0 Å². The third kappa shape index (κ3) is 2.69. The molecule has 1 fully saturated rings. The van der Waals surface area contributed by atoms with Crippen molar-refractivity contribution in [1.29, 1.82) is 0 Å². The summed E-state index contributed by atoms with van der Waals surface area (Å²) in [6, 6.07) is 0.631. The fourth-order valence-corrected chi connectivity index (χ4v) is 1.64. The molecule has 0 amide bonds. The van der Waals surface area contributed by atoms with Crippen molar-refractivity contribution in [1.82, 2.24) is 10.6 Å². The van der Waals surface area contributed by atoms with Crippen LogP contribution < -0.4 is 10.6 Å². The molecule has 0 saturated carbocycles.